The van der Waals surface area contributed by atoms with Gasteiger partial charge in [0.1, 0.15) is 5.75 Å². The third kappa shape index (κ3) is 4.58. The predicted octanol–water partition coefficient (Wildman–Crippen LogP) is 3.40. The summed E-state index contributed by atoms with van der Waals surface area (Å²) < 4.78 is 5.06. The quantitative estimate of drug-likeness (QED) is 0.768. The Bertz CT molecular complexity index is 399. The maximum Gasteiger partial charge on any atom is 0.306 e. The fourth-order valence-electron chi connectivity index (χ4n) is 2.05. The molecule has 1 aromatic rings. The number of benzene rings is 1. The van der Waals surface area contributed by atoms with Gasteiger partial charge in [-0.3, -0.25) is 4.79 Å². The zero-order chi connectivity index (χ0) is 14.3. The minimum atomic E-state index is -0.147. The number of esters is 1. The van der Waals surface area contributed by atoms with Crippen LogP contribution >= 0.6 is 0 Å². The Balaban J connectivity index is 2.70. The fourth-order valence-corrected chi connectivity index (χ4v) is 2.05. The Morgan fingerprint density at radius 3 is 2.21 bits per heavy atom. The minimum Gasteiger partial charge on any atom is -0.507 e. The van der Waals surface area contributed by atoms with Crippen LogP contribution in [0.1, 0.15) is 50.3 Å². The second-order valence-electron chi connectivity index (χ2n) is 4.69. The normalized spacial score (nSPS) is 10.5. The highest BCUT2D eigenvalue weighted by Crippen LogP contribution is 2.26. The topological polar surface area (TPSA) is 46.5 Å². The molecule has 1 rings (SSSR count). The van der Waals surface area contributed by atoms with E-state index >= 15 is 0 Å². The maximum absolute atomic E-state index is 11.5. The van der Waals surface area contributed by atoms with Crippen molar-refractivity contribution in [1.29, 1.82) is 0 Å². The molecule has 0 aromatic heterocycles. The summed E-state index contributed by atoms with van der Waals surface area (Å²) in [6.45, 7) is 6.52. The van der Waals surface area contributed by atoms with Crippen molar-refractivity contribution in [2.24, 2.45) is 0 Å². The summed E-state index contributed by atoms with van der Waals surface area (Å²) in [5.41, 5.74) is 3.01. The number of hydrogen-bond donors (Lipinski definition) is 1. The number of aryl methyl sites for hydroxylation is 3. The molecular weight excluding hydrogens is 240 g/mol. The van der Waals surface area contributed by atoms with E-state index < -0.39 is 0 Å². The van der Waals surface area contributed by atoms with Crippen molar-refractivity contribution in [3.63, 3.8) is 0 Å². The summed E-state index contributed by atoms with van der Waals surface area (Å²) in [5.74, 6) is 0.258. The largest absolute Gasteiger partial charge is 0.507 e. The first kappa shape index (κ1) is 15.5. The Morgan fingerprint density at radius 1 is 1.16 bits per heavy atom. The molecular formula is C16H24O3. The minimum absolute atomic E-state index is 0.147. The van der Waals surface area contributed by atoms with E-state index in [2.05, 4.69) is 0 Å². The molecule has 0 aliphatic carbocycles. The first-order chi connectivity index (χ1) is 9.12. The second kappa shape index (κ2) is 7.82. The van der Waals surface area contributed by atoms with Gasteiger partial charge in [-0.25, -0.2) is 0 Å². The van der Waals surface area contributed by atoms with Crippen molar-refractivity contribution in [3.05, 3.63) is 28.8 Å². The van der Waals surface area contributed by atoms with Gasteiger partial charge >= 0.3 is 5.97 Å². The number of phenolic OH excluding ortho intramolecular Hbond substituents is 1. The molecule has 0 bridgehead atoms. The van der Waals surface area contributed by atoms with Gasteiger partial charge in [-0.15, -0.1) is 0 Å². The molecule has 0 unspecified atom stereocenters. The number of aromatic hydroxyl groups is 1. The molecule has 0 radical (unpaired) electrons. The third-order valence-electron chi connectivity index (χ3n) is 3.17. The molecule has 0 saturated carbocycles. The van der Waals surface area contributed by atoms with Crippen LogP contribution in [0, 0.1) is 0 Å². The molecule has 3 nitrogen and oxygen atoms in total. The lowest BCUT2D eigenvalue weighted by atomic mass is 9.98. The van der Waals surface area contributed by atoms with E-state index in [-0.39, 0.29) is 5.97 Å². The molecule has 106 valence electrons. The lowest BCUT2D eigenvalue weighted by Crippen LogP contribution is -2.06. The molecule has 19 heavy (non-hydrogen) atoms. The van der Waals surface area contributed by atoms with Gasteiger partial charge in [0.05, 0.1) is 6.61 Å². The smallest absolute Gasteiger partial charge is 0.306 e. The van der Waals surface area contributed by atoms with Gasteiger partial charge in [-0.05, 0) is 42.4 Å². The van der Waals surface area contributed by atoms with E-state index in [0.717, 1.165) is 36.0 Å². The van der Waals surface area contributed by atoms with Crippen molar-refractivity contribution in [1.82, 2.24) is 0 Å². The van der Waals surface area contributed by atoms with Crippen LogP contribution in [0.5, 0.6) is 5.75 Å². The first-order valence-corrected chi connectivity index (χ1v) is 7.11. The van der Waals surface area contributed by atoms with E-state index in [0.29, 0.717) is 25.2 Å². The highest BCUT2D eigenvalue weighted by atomic mass is 16.5. The Hall–Kier alpha value is -1.51. The predicted molar refractivity (Wildman–Crippen MR) is 76.4 cm³/mol. The lowest BCUT2D eigenvalue weighted by Gasteiger charge is -2.11. The molecule has 0 spiro atoms. The molecule has 0 amide bonds. The number of ether oxygens (including phenoxy) is 1. The van der Waals surface area contributed by atoms with Crippen molar-refractivity contribution < 1.29 is 14.6 Å². The summed E-state index contributed by atoms with van der Waals surface area (Å²) in [6.07, 6.45) is 3.52. The summed E-state index contributed by atoms with van der Waals surface area (Å²) in [7, 11) is 0. The zero-order valence-electron chi connectivity index (χ0n) is 12.2. The molecule has 3 heteroatoms. The lowest BCUT2D eigenvalue weighted by molar-refractivity contribution is -0.143. The average Bonchev–Trinajstić information content (AvgIpc) is 2.43. The van der Waals surface area contributed by atoms with Crippen LogP contribution in [0.15, 0.2) is 12.1 Å². The maximum atomic E-state index is 11.5. The highest BCUT2D eigenvalue weighted by Gasteiger charge is 2.09. The number of carbonyl (C=O) groups is 1. The monoisotopic (exact) mass is 264 g/mol. The van der Waals surface area contributed by atoms with Gasteiger partial charge in [-0.1, -0.05) is 32.9 Å². The van der Waals surface area contributed by atoms with Crippen LogP contribution in [0.3, 0.4) is 0 Å². The van der Waals surface area contributed by atoms with E-state index in [1.807, 2.05) is 32.9 Å². The van der Waals surface area contributed by atoms with Gasteiger partial charge in [-0.2, -0.15) is 0 Å². The highest BCUT2D eigenvalue weighted by molar-refractivity contribution is 5.69. The standard InChI is InChI=1S/C16H24O3/c1-4-9-19-15(17)8-7-12-10-13(5-2)16(18)14(6-3)11-12/h10-11,18H,4-9H2,1-3H3. The average molecular weight is 264 g/mol. The van der Waals surface area contributed by atoms with Crippen LogP contribution in [0.25, 0.3) is 0 Å². The summed E-state index contributed by atoms with van der Waals surface area (Å²) in [5, 5.41) is 10.0. The number of hydrogen-bond acceptors (Lipinski definition) is 3. The SMILES string of the molecule is CCCOC(=O)CCc1cc(CC)c(O)c(CC)c1. The molecule has 0 aliphatic heterocycles. The van der Waals surface area contributed by atoms with Gasteiger partial charge in [0.15, 0.2) is 0 Å². The second-order valence-corrected chi connectivity index (χ2v) is 4.69. The molecule has 1 aromatic carbocycles. The number of rotatable bonds is 7. The van der Waals surface area contributed by atoms with Crippen molar-refractivity contribution >= 4 is 5.97 Å². The van der Waals surface area contributed by atoms with Gasteiger partial charge in [0.2, 0.25) is 0 Å². The molecule has 0 atom stereocenters. The molecule has 1 N–H and O–H groups in total. The Morgan fingerprint density at radius 2 is 1.74 bits per heavy atom. The molecule has 0 heterocycles. The van der Waals surface area contributed by atoms with Crippen LogP contribution in [-0.4, -0.2) is 17.7 Å². The van der Waals surface area contributed by atoms with Crippen LogP contribution in [-0.2, 0) is 28.8 Å². The Labute approximate surface area is 115 Å². The van der Waals surface area contributed by atoms with Crippen LogP contribution in [0.4, 0.5) is 0 Å². The van der Waals surface area contributed by atoms with Crippen molar-refractivity contribution in [3.8, 4) is 5.75 Å². The van der Waals surface area contributed by atoms with E-state index in [9.17, 15) is 9.90 Å². The van der Waals surface area contributed by atoms with Crippen molar-refractivity contribution in [2.45, 2.75) is 52.9 Å². The van der Waals surface area contributed by atoms with E-state index in [1.165, 1.54) is 0 Å². The van der Waals surface area contributed by atoms with Crippen molar-refractivity contribution in [2.75, 3.05) is 6.61 Å². The summed E-state index contributed by atoms with van der Waals surface area (Å²) in [4.78, 5) is 11.5. The molecule has 0 fully saturated rings. The molecule has 0 aliphatic rings. The molecule has 0 saturated heterocycles. The summed E-state index contributed by atoms with van der Waals surface area (Å²) in [6, 6.07) is 3.98. The van der Waals surface area contributed by atoms with E-state index in [4.69, 9.17) is 4.74 Å². The van der Waals surface area contributed by atoms with Gasteiger partial charge in [0.25, 0.3) is 0 Å². The Kier molecular flexibility index (Phi) is 6.40. The fraction of sp³-hybridized carbons (Fsp3) is 0.562. The number of phenols is 1. The van der Waals surface area contributed by atoms with Crippen LogP contribution in [0.2, 0.25) is 0 Å². The van der Waals surface area contributed by atoms with E-state index in [1.54, 1.807) is 0 Å². The zero-order valence-corrected chi connectivity index (χ0v) is 12.2. The van der Waals surface area contributed by atoms with Gasteiger partial charge < -0.3 is 9.84 Å². The van der Waals surface area contributed by atoms with Crippen LogP contribution < -0.4 is 0 Å². The third-order valence-corrected chi connectivity index (χ3v) is 3.17. The first-order valence-electron chi connectivity index (χ1n) is 7.11. The summed E-state index contributed by atoms with van der Waals surface area (Å²) >= 11 is 0. The van der Waals surface area contributed by atoms with Gasteiger partial charge in [0, 0.05) is 6.42 Å². The number of carbonyl (C=O) groups excluding carboxylic acids is 1.